The van der Waals surface area contributed by atoms with Crippen LogP contribution in [-0.2, 0) is 9.59 Å². The second-order valence-electron chi connectivity index (χ2n) is 6.71. The Morgan fingerprint density at radius 2 is 1.62 bits per heavy atom. The third-order valence-corrected chi connectivity index (χ3v) is 4.90. The zero-order valence-corrected chi connectivity index (χ0v) is 15.4. The van der Waals surface area contributed by atoms with Gasteiger partial charge in [-0.2, -0.15) is 4.39 Å². The van der Waals surface area contributed by atoms with Gasteiger partial charge in [-0.25, -0.2) is 18.0 Å². The molecule has 2 heterocycles. The maximum atomic E-state index is 14.2. The summed E-state index contributed by atoms with van der Waals surface area (Å²) in [5.74, 6) is -13.3. The van der Waals surface area contributed by atoms with Crippen molar-refractivity contribution < 1.29 is 41.5 Å². The lowest BCUT2D eigenvalue weighted by Crippen LogP contribution is -2.76. The highest BCUT2D eigenvalue weighted by Crippen LogP contribution is 2.38. The van der Waals surface area contributed by atoms with Crippen molar-refractivity contribution in [3.05, 3.63) is 28.8 Å². The number of barbiturate groups is 1. The molecule has 1 fully saturated rings. The maximum absolute atomic E-state index is 14.2. The average molecular weight is 417 g/mol. The Balaban J connectivity index is 2.18. The third kappa shape index (κ3) is 2.58. The van der Waals surface area contributed by atoms with Crippen molar-refractivity contribution in [1.29, 1.82) is 0 Å². The summed E-state index contributed by atoms with van der Waals surface area (Å²) in [4.78, 5) is 51.8. The number of nitrogens with zero attached hydrogens (tertiary/aromatic N) is 2. The van der Waals surface area contributed by atoms with Crippen LogP contribution < -0.4 is 10.1 Å². The van der Waals surface area contributed by atoms with Crippen LogP contribution in [0.2, 0.25) is 0 Å². The molecule has 12 heteroatoms. The van der Waals surface area contributed by atoms with E-state index in [-0.39, 0.29) is 6.42 Å². The van der Waals surface area contributed by atoms with Crippen molar-refractivity contribution in [2.24, 2.45) is 0 Å². The molecular formula is C17H15F4N3O5. The van der Waals surface area contributed by atoms with Crippen LogP contribution in [0.5, 0.6) is 5.75 Å². The van der Waals surface area contributed by atoms with E-state index < -0.39 is 76.6 Å². The molecule has 0 aromatic heterocycles. The van der Waals surface area contributed by atoms with E-state index in [0.29, 0.717) is 9.80 Å². The van der Waals surface area contributed by atoms with Gasteiger partial charge in [0.1, 0.15) is 5.56 Å². The first kappa shape index (κ1) is 20.6. The number of halogens is 4. The van der Waals surface area contributed by atoms with Crippen LogP contribution in [0.15, 0.2) is 0 Å². The van der Waals surface area contributed by atoms with Gasteiger partial charge in [-0.05, 0) is 20.3 Å². The summed E-state index contributed by atoms with van der Waals surface area (Å²) in [6, 6.07) is -1.73. The van der Waals surface area contributed by atoms with Crippen molar-refractivity contribution in [2.75, 3.05) is 6.73 Å². The van der Waals surface area contributed by atoms with Crippen LogP contribution in [-0.4, -0.2) is 51.9 Å². The predicted molar refractivity (Wildman–Crippen MR) is 86.5 cm³/mol. The molecule has 5 amide bonds. The molecule has 0 radical (unpaired) electrons. The molecule has 3 rings (SSSR count). The average Bonchev–Trinajstić information content (AvgIpc) is 2.65. The van der Waals surface area contributed by atoms with Crippen LogP contribution in [0.1, 0.15) is 37.6 Å². The highest BCUT2D eigenvalue weighted by Gasteiger charge is 2.60. The van der Waals surface area contributed by atoms with Crippen LogP contribution in [0, 0.1) is 23.3 Å². The monoisotopic (exact) mass is 417 g/mol. The lowest BCUT2D eigenvalue weighted by Gasteiger charge is -2.47. The summed E-state index contributed by atoms with van der Waals surface area (Å²) in [6.45, 7) is 3.35. The van der Waals surface area contributed by atoms with Gasteiger partial charge < -0.3 is 4.74 Å². The fourth-order valence-electron chi connectivity index (χ4n) is 3.40. The van der Waals surface area contributed by atoms with Gasteiger partial charge >= 0.3 is 6.03 Å². The number of rotatable bonds is 3. The molecule has 1 unspecified atom stereocenters. The largest absolute Gasteiger partial charge is 0.469 e. The molecule has 0 aliphatic carbocycles. The molecule has 1 aromatic rings. The van der Waals surface area contributed by atoms with Crippen LogP contribution in [0.3, 0.4) is 0 Å². The van der Waals surface area contributed by atoms with E-state index in [9.17, 15) is 36.7 Å². The molecule has 0 saturated carbocycles. The Morgan fingerprint density at radius 3 is 2.17 bits per heavy atom. The maximum Gasteiger partial charge on any atom is 0.331 e. The zero-order valence-electron chi connectivity index (χ0n) is 15.4. The minimum Gasteiger partial charge on any atom is -0.469 e. The summed E-state index contributed by atoms with van der Waals surface area (Å²) in [6.07, 6.45) is -0.369. The van der Waals surface area contributed by atoms with Gasteiger partial charge in [0.15, 0.2) is 24.1 Å². The highest BCUT2D eigenvalue weighted by molar-refractivity contribution is 6.24. The minimum absolute atomic E-state index is 0.369. The number of carbonyl (C=O) groups excluding carboxylic acids is 4. The Bertz CT molecular complexity index is 967. The second kappa shape index (κ2) is 6.71. The quantitative estimate of drug-likeness (QED) is 0.349. The molecule has 1 atom stereocenters. The molecule has 0 spiro atoms. The summed E-state index contributed by atoms with van der Waals surface area (Å²) >= 11 is 0. The zero-order chi connectivity index (χ0) is 21.8. The Kier molecular flexibility index (Phi) is 4.75. The lowest BCUT2D eigenvalue weighted by molar-refractivity contribution is -0.156. The third-order valence-electron chi connectivity index (χ3n) is 4.90. The highest BCUT2D eigenvalue weighted by atomic mass is 19.2. The summed E-state index contributed by atoms with van der Waals surface area (Å²) in [7, 11) is 0. The van der Waals surface area contributed by atoms with Crippen molar-refractivity contribution in [3.63, 3.8) is 0 Å². The Hall–Kier alpha value is -3.18. The van der Waals surface area contributed by atoms with Gasteiger partial charge in [0, 0.05) is 6.04 Å². The first-order valence-electron chi connectivity index (χ1n) is 8.50. The van der Waals surface area contributed by atoms with Gasteiger partial charge in [0.2, 0.25) is 17.2 Å². The number of amides is 5. The number of imide groups is 2. The van der Waals surface area contributed by atoms with E-state index in [1.807, 2.05) is 5.32 Å². The van der Waals surface area contributed by atoms with Crippen molar-refractivity contribution >= 4 is 23.8 Å². The van der Waals surface area contributed by atoms with E-state index in [0.717, 1.165) is 0 Å². The van der Waals surface area contributed by atoms with Crippen LogP contribution in [0.25, 0.3) is 0 Å². The predicted octanol–water partition coefficient (Wildman–Crippen LogP) is 1.67. The molecule has 8 nitrogen and oxygen atoms in total. The van der Waals surface area contributed by atoms with Crippen molar-refractivity contribution in [2.45, 2.75) is 38.8 Å². The number of benzene rings is 1. The fraction of sp³-hybridized carbons (Fsp3) is 0.412. The Labute approximate surface area is 161 Å². The number of urea groups is 1. The molecule has 1 saturated heterocycles. The van der Waals surface area contributed by atoms with Gasteiger partial charge in [-0.15, -0.1) is 0 Å². The number of carbonyl (C=O) groups is 4. The van der Waals surface area contributed by atoms with Gasteiger partial charge in [-0.3, -0.25) is 29.5 Å². The van der Waals surface area contributed by atoms with Crippen molar-refractivity contribution in [1.82, 2.24) is 15.1 Å². The van der Waals surface area contributed by atoms with Gasteiger partial charge in [0.05, 0.1) is 0 Å². The van der Waals surface area contributed by atoms with E-state index >= 15 is 0 Å². The fourth-order valence-corrected chi connectivity index (χ4v) is 3.40. The normalized spacial score (nSPS) is 22.1. The molecule has 2 aliphatic rings. The summed E-state index contributed by atoms with van der Waals surface area (Å²) < 4.78 is 60.2. The number of hydrogen-bond acceptors (Lipinski definition) is 5. The molecular weight excluding hydrogens is 402 g/mol. The number of hydrogen-bond donors (Lipinski definition) is 1. The molecule has 1 N–H and O–H groups in total. The van der Waals surface area contributed by atoms with Crippen LogP contribution in [0.4, 0.5) is 22.4 Å². The smallest absolute Gasteiger partial charge is 0.331 e. The first-order chi connectivity index (χ1) is 13.5. The van der Waals surface area contributed by atoms with E-state index in [1.165, 1.54) is 20.8 Å². The topological polar surface area (TPSA) is 96.0 Å². The molecule has 156 valence electrons. The molecule has 1 aromatic carbocycles. The van der Waals surface area contributed by atoms with E-state index in [2.05, 4.69) is 0 Å². The van der Waals surface area contributed by atoms with Crippen molar-refractivity contribution in [3.8, 4) is 5.75 Å². The summed E-state index contributed by atoms with van der Waals surface area (Å²) in [5.41, 5.74) is -3.64. The number of ether oxygens (including phenoxy) is 1. The molecule has 2 aliphatic heterocycles. The second-order valence-corrected chi connectivity index (χ2v) is 6.71. The van der Waals surface area contributed by atoms with Gasteiger partial charge in [-0.1, -0.05) is 6.92 Å². The van der Waals surface area contributed by atoms with E-state index in [1.54, 1.807) is 0 Å². The number of nitrogens with one attached hydrogen (secondary N) is 1. The Morgan fingerprint density at radius 1 is 1.03 bits per heavy atom. The lowest BCUT2D eigenvalue weighted by atomic mass is 9.87. The van der Waals surface area contributed by atoms with Crippen LogP contribution >= 0.6 is 0 Å². The molecule has 29 heavy (non-hydrogen) atoms. The number of fused-ring (bicyclic) bond motifs is 1. The summed E-state index contributed by atoms with van der Waals surface area (Å²) in [5, 5.41) is 1.95. The van der Waals surface area contributed by atoms with E-state index in [4.69, 9.17) is 4.74 Å². The SMILES string of the molecule is CCC1(N2COc3c(F)c(F)c(F)c(F)c3C2=O)C(=O)NC(=O)N(C(C)C)C1=O. The standard InChI is InChI=1S/C17H15F4N3O5/c1-4-17(14(26)22-16(28)24(6(2)3)15(17)27)23-5-29-12-7(13(23)25)8(18)9(19)10(20)11(12)21/h6H,4-5H2,1-3H3,(H,22,26,28). The first-order valence-corrected chi connectivity index (χ1v) is 8.50. The van der Waals surface area contributed by atoms with Gasteiger partial charge in [0.25, 0.3) is 17.7 Å². The molecule has 0 bridgehead atoms. The minimum atomic E-state index is -2.35.